The molecule has 0 amide bonds. The van der Waals surface area contributed by atoms with Gasteiger partial charge in [0, 0.05) is 0 Å². The van der Waals surface area contributed by atoms with Gasteiger partial charge in [-0.15, -0.1) is 0 Å². The Labute approximate surface area is 115 Å². The van der Waals surface area contributed by atoms with E-state index < -0.39 is 30.7 Å². The van der Waals surface area contributed by atoms with Gasteiger partial charge in [0.05, 0.1) is 18.5 Å². The van der Waals surface area contributed by atoms with E-state index in [1.54, 1.807) is 0 Å². The number of hydrogen-bond donors (Lipinski definition) is 2. The minimum Gasteiger partial charge on any atom is -0.393 e. The molecule has 21 heavy (non-hydrogen) atoms. The van der Waals surface area contributed by atoms with Crippen LogP contribution in [0.15, 0.2) is 24.3 Å². The molecule has 0 bridgehead atoms. The van der Waals surface area contributed by atoms with Crippen molar-refractivity contribution in [2.24, 2.45) is 0 Å². The Hall–Kier alpha value is -2.20. The van der Waals surface area contributed by atoms with Crippen molar-refractivity contribution >= 4 is 17.0 Å². The van der Waals surface area contributed by atoms with Gasteiger partial charge in [0.2, 0.25) is 0 Å². The second-order valence-electron chi connectivity index (χ2n) is 4.40. The Morgan fingerprint density at radius 2 is 2.10 bits per heavy atom. The Morgan fingerprint density at radius 1 is 1.33 bits per heavy atom. The zero-order valence-corrected chi connectivity index (χ0v) is 10.4. The van der Waals surface area contributed by atoms with Crippen LogP contribution in [0.1, 0.15) is 6.23 Å². The molecule has 7 nitrogen and oxygen atoms in total. The van der Waals surface area contributed by atoms with Crippen LogP contribution >= 0.6 is 0 Å². The number of halogens is 3. The molecule has 0 radical (unpaired) electrons. The number of alkyl halides is 3. The summed E-state index contributed by atoms with van der Waals surface area (Å²) in [6.07, 6.45) is -3.75. The highest BCUT2D eigenvalue weighted by atomic mass is 19.4. The monoisotopic (exact) mass is 301 g/mol. The first kappa shape index (κ1) is 13.8. The van der Waals surface area contributed by atoms with Crippen LogP contribution < -0.4 is 5.73 Å². The average Bonchev–Trinajstić information content (AvgIpc) is 3.01. The van der Waals surface area contributed by atoms with E-state index in [0.717, 1.165) is 6.08 Å². The van der Waals surface area contributed by atoms with Crippen LogP contribution in [0.5, 0.6) is 0 Å². The van der Waals surface area contributed by atoms with Crippen molar-refractivity contribution < 1.29 is 23.0 Å². The number of hydrogen-bond acceptors (Lipinski definition) is 6. The summed E-state index contributed by atoms with van der Waals surface area (Å²) in [5.41, 5.74) is 5.21. The molecule has 2 aromatic rings. The Balaban J connectivity index is 2.04. The van der Waals surface area contributed by atoms with Crippen LogP contribution in [0, 0.1) is 0 Å². The van der Waals surface area contributed by atoms with Gasteiger partial charge in [0.25, 0.3) is 0 Å². The summed E-state index contributed by atoms with van der Waals surface area (Å²) in [6, 6.07) is 0. The van der Waals surface area contributed by atoms with Gasteiger partial charge in [-0.25, -0.2) is 15.0 Å². The first-order valence-corrected chi connectivity index (χ1v) is 5.90. The maximum atomic E-state index is 12.9. The van der Waals surface area contributed by atoms with Crippen molar-refractivity contribution in [2.45, 2.75) is 18.5 Å². The number of anilines is 1. The fraction of sp³-hybridized carbons (Fsp3) is 0.364. The van der Waals surface area contributed by atoms with E-state index in [2.05, 4.69) is 15.0 Å². The fourth-order valence-electron chi connectivity index (χ4n) is 2.16. The van der Waals surface area contributed by atoms with E-state index in [1.807, 2.05) is 0 Å². The second-order valence-corrected chi connectivity index (χ2v) is 4.40. The van der Waals surface area contributed by atoms with Crippen LogP contribution in [-0.4, -0.2) is 43.5 Å². The van der Waals surface area contributed by atoms with Gasteiger partial charge < -0.3 is 15.6 Å². The number of aliphatic hydroxyl groups is 1. The van der Waals surface area contributed by atoms with Crippen LogP contribution in [-0.2, 0) is 4.74 Å². The Morgan fingerprint density at radius 3 is 2.71 bits per heavy atom. The number of fused-ring (bicyclic) bond motifs is 1. The van der Waals surface area contributed by atoms with Gasteiger partial charge >= 0.3 is 6.18 Å². The van der Waals surface area contributed by atoms with Gasteiger partial charge in [-0.3, -0.25) is 4.57 Å². The third-order valence-electron chi connectivity index (χ3n) is 3.13. The predicted octanol–water partition coefficient (Wildman–Crippen LogP) is 0.787. The fourth-order valence-corrected chi connectivity index (χ4v) is 2.16. The average molecular weight is 301 g/mol. The number of nitrogens with zero attached hydrogens (tertiary/aromatic N) is 4. The second kappa shape index (κ2) is 4.67. The number of imidazole rings is 1. The SMILES string of the molecule is Nc1ncnc2c1ncn2[C@H]1C=C(C(F)(F)F)[C@@H](CO)O1. The molecule has 0 spiro atoms. The Kier molecular flexibility index (Phi) is 3.06. The van der Waals surface area contributed by atoms with Crippen molar-refractivity contribution in [1.29, 1.82) is 0 Å². The molecule has 3 N–H and O–H groups in total. The van der Waals surface area contributed by atoms with E-state index >= 15 is 0 Å². The van der Waals surface area contributed by atoms with Gasteiger partial charge in [0.1, 0.15) is 17.9 Å². The summed E-state index contributed by atoms with van der Waals surface area (Å²) in [4.78, 5) is 11.6. The lowest BCUT2D eigenvalue weighted by molar-refractivity contribution is -0.112. The van der Waals surface area contributed by atoms with Gasteiger partial charge in [-0.05, 0) is 6.08 Å². The molecule has 1 aliphatic rings. The molecule has 2 aromatic heterocycles. The van der Waals surface area contributed by atoms with Crippen molar-refractivity contribution in [3.63, 3.8) is 0 Å². The minimum atomic E-state index is -4.58. The highest BCUT2D eigenvalue weighted by Crippen LogP contribution is 2.38. The van der Waals surface area contributed by atoms with Crippen LogP contribution in [0.25, 0.3) is 11.2 Å². The molecule has 2 atom stereocenters. The molecule has 0 aliphatic carbocycles. The lowest BCUT2D eigenvalue weighted by Crippen LogP contribution is -2.25. The van der Waals surface area contributed by atoms with E-state index in [4.69, 9.17) is 15.6 Å². The number of nitrogens with two attached hydrogens (primary N) is 1. The van der Waals surface area contributed by atoms with E-state index in [9.17, 15) is 13.2 Å². The maximum Gasteiger partial charge on any atom is 0.415 e. The summed E-state index contributed by atoms with van der Waals surface area (Å²) in [7, 11) is 0. The Bertz CT molecular complexity index is 711. The molecular formula is C11H10F3N5O2. The molecule has 0 aromatic carbocycles. The summed E-state index contributed by atoms with van der Waals surface area (Å²) in [5, 5.41) is 9.04. The highest BCUT2D eigenvalue weighted by Gasteiger charge is 2.44. The summed E-state index contributed by atoms with van der Waals surface area (Å²) < 4.78 is 45.1. The molecular weight excluding hydrogens is 291 g/mol. The first-order valence-electron chi connectivity index (χ1n) is 5.90. The lowest BCUT2D eigenvalue weighted by atomic mass is 10.1. The molecule has 0 unspecified atom stereocenters. The van der Waals surface area contributed by atoms with E-state index in [0.29, 0.717) is 0 Å². The summed E-state index contributed by atoms with van der Waals surface area (Å²) >= 11 is 0. The van der Waals surface area contributed by atoms with Gasteiger partial charge in [0.15, 0.2) is 17.7 Å². The van der Waals surface area contributed by atoms with Crippen LogP contribution in [0.4, 0.5) is 19.0 Å². The number of rotatable bonds is 2. The molecule has 10 heteroatoms. The zero-order valence-electron chi connectivity index (χ0n) is 10.4. The molecule has 0 saturated carbocycles. The van der Waals surface area contributed by atoms with Crippen LogP contribution in [0.3, 0.4) is 0 Å². The van der Waals surface area contributed by atoms with E-state index in [1.165, 1.54) is 17.2 Å². The summed E-state index contributed by atoms with van der Waals surface area (Å²) in [6.45, 7) is -0.772. The highest BCUT2D eigenvalue weighted by molar-refractivity contribution is 5.81. The number of nitrogen functional groups attached to an aromatic ring is 1. The largest absolute Gasteiger partial charge is 0.415 e. The van der Waals surface area contributed by atoms with Gasteiger partial charge in [-0.2, -0.15) is 13.2 Å². The maximum absolute atomic E-state index is 12.9. The molecule has 0 fully saturated rings. The van der Waals surface area contributed by atoms with E-state index in [-0.39, 0.29) is 17.0 Å². The third kappa shape index (κ3) is 2.21. The molecule has 3 heterocycles. The summed E-state index contributed by atoms with van der Waals surface area (Å²) in [5.74, 6) is 0.121. The first-order chi connectivity index (χ1) is 9.91. The zero-order chi connectivity index (χ0) is 15.2. The van der Waals surface area contributed by atoms with Crippen molar-refractivity contribution in [1.82, 2.24) is 19.5 Å². The molecule has 112 valence electrons. The van der Waals surface area contributed by atoms with Crippen molar-refractivity contribution in [3.8, 4) is 0 Å². The van der Waals surface area contributed by atoms with Crippen molar-refractivity contribution in [3.05, 3.63) is 24.3 Å². The number of ether oxygens (including phenoxy) is 1. The van der Waals surface area contributed by atoms with Crippen molar-refractivity contribution in [2.75, 3.05) is 12.3 Å². The number of aromatic nitrogens is 4. The minimum absolute atomic E-state index is 0.121. The van der Waals surface area contributed by atoms with Gasteiger partial charge in [-0.1, -0.05) is 0 Å². The molecule has 1 aliphatic heterocycles. The predicted molar refractivity (Wildman–Crippen MR) is 64.9 cm³/mol. The molecule has 3 rings (SSSR count). The smallest absolute Gasteiger partial charge is 0.393 e. The lowest BCUT2D eigenvalue weighted by Gasteiger charge is -2.16. The quantitative estimate of drug-likeness (QED) is 0.796. The van der Waals surface area contributed by atoms with Crippen LogP contribution in [0.2, 0.25) is 0 Å². The normalized spacial score (nSPS) is 22.8. The topological polar surface area (TPSA) is 99.1 Å². The standard InChI is InChI=1S/C11H10F3N5O2/c12-11(13,14)5-1-7(21-6(5)2-20)19-4-18-8-9(15)16-3-17-10(8)19/h1,3-4,6-7,20H,2H2,(H2,15,16,17)/t6-,7-/m1/s1. The number of aliphatic hydroxyl groups excluding tert-OH is 1. The molecule has 0 saturated heterocycles. The third-order valence-corrected chi connectivity index (χ3v) is 3.13.